The number of aryl methyl sites for hydroxylation is 1. The van der Waals surface area contributed by atoms with Crippen molar-refractivity contribution in [3.63, 3.8) is 0 Å². The van der Waals surface area contributed by atoms with E-state index in [1.165, 1.54) is 18.6 Å². The van der Waals surface area contributed by atoms with E-state index in [0.717, 1.165) is 83.4 Å². The van der Waals surface area contributed by atoms with E-state index < -0.39 is 17.8 Å². The molecule has 38 heavy (non-hydrogen) atoms. The summed E-state index contributed by atoms with van der Waals surface area (Å²) >= 11 is 0. The van der Waals surface area contributed by atoms with Crippen molar-refractivity contribution in [2.45, 2.75) is 89.8 Å². The summed E-state index contributed by atoms with van der Waals surface area (Å²) in [6.07, 6.45) is 3.03. The molecule has 1 saturated carbocycles. The molecule has 2 aliphatic carbocycles. The van der Waals surface area contributed by atoms with Crippen molar-refractivity contribution in [1.82, 2.24) is 4.98 Å². The molecule has 1 N–H and O–H groups in total. The lowest BCUT2D eigenvalue weighted by Gasteiger charge is -2.37. The average molecular weight is 526 g/mol. The molecular weight excluding hydrogens is 490 g/mol. The first-order chi connectivity index (χ1) is 18.0. The van der Waals surface area contributed by atoms with Crippen LogP contribution in [-0.2, 0) is 25.4 Å². The number of hydrogen-bond donors (Lipinski definition) is 1. The molecule has 1 fully saturated rings. The molecule has 6 heteroatoms. The first-order valence-corrected chi connectivity index (χ1v) is 13.7. The Morgan fingerprint density at radius 2 is 1.58 bits per heavy atom. The maximum atomic E-state index is 13.9. The summed E-state index contributed by atoms with van der Waals surface area (Å²) in [7, 11) is 0. The molecule has 2 aliphatic rings. The first kappa shape index (κ1) is 26.9. The van der Waals surface area contributed by atoms with Gasteiger partial charge in [0.15, 0.2) is 0 Å². The number of benzene rings is 2. The van der Waals surface area contributed by atoms with Gasteiger partial charge in [0.1, 0.15) is 5.82 Å². The molecule has 1 atom stereocenters. The van der Waals surface area contributed by atoms with Crippen LogP contribution in [0.1, 0.15) is 98.0 Å². The van der Waals surface area contributed by atoms with E-state index in [1.54, 1.807) is 24.3 Å². The molecule has 0 bridgehead atoms. The molecule has 2 aromatic carbocycles. The SMILES string of the molecule is CC1(C)Cc2nc(C3CCCCC3)c(CCc3ccc(C(F)(F)F)cc3)c(-c3ccc(F)cc3)c2C(O)C1. The topological polar surface area (TPSA) is 33.1 Å². The smallest absolute Gasteiger partial charge is 0.388 e. The van der Waals surface area contributed by atoms with Gasteiger partial charge in [-0.05, 0) is 90.5 Å². The van der Waals surface area contributed by atoms with Crippen molar-refractivity contribution in [2.24, 2.45) is 5.41 Å². The number of fused-ring (bicyclic) bond motifs is 1. The number of aromatic nitrogens is 1. The lowest BCUT2D eigenvalue weighted by atomic mass is 9.71. The molecule has 0 aliphatic heterocycles. The van der Waals surface area contributed by atoms with Gasteiger partial charge in [-0.15, -0.1) is 0 Å². The van der Waals surface area contributed by atoms with Crippen molar-refractivity contribution in [1.29, 1.82) is 0 Å². The van der Waals surface area contributed by atoms with E-state index >= 15 is 0 Å². The van der Waals surface area contributed by atoms with Crippen LogP contribution in [0.15, 0.2) is 48.5 Å². The molecule has 1 heterocycles. The fourth-order valence-corrected chi connectivity index (χ4v) is 6.40. The number of hydrogen-bond acceptors (Lipinski definition) is 2. The highest BCUT2D eigenvalue weighted by Crippen LogP contribution is 2.48. The van der Waals surface area contributed by atoms with E-state index in [2.05, 4.69) is 13.8 Å². The van der Waals surface area contributed by atoms with Crippen molar-refractivity contribution < 1.29 is 22.7 Å². The quantitative estimate of drug-likeness (QED) is 0.338. The van der Waals surface area contributed by atoms with Gasteiger partial charge >= 0.3 is 6.18 Å². The number of nitrogens with zero attached hydrogens (tertiary/aromatic N) is 1. The minimum atomic E-state index is -4.37. The van der Waals surface area contributed by atoms with E-state index in [9.17, 15) is 22.7 Å². The van der Waals surface area contributed by atoms with Gasteiger partial charge in [-0.25, -0.2) is 4.39 Å². The van der Waals surface area contributed by atoms with Crippen LogP contribution in [0.5, 0.6) is 0 Å². The standard InChI is InChI=1S/C32H35F4NO/c1-31(2)18-26-29(27(38)19-31)28(21-11-15-24(33)16-12-21)25(30(37-26)22-6-4-3-5-7-22)17-10-20-8-13-23(14-9-20)32(34,35)36/h8-9,11-16,22,27,38H,3-7,10,17-19H2,1-2H3. The average Bonchev–Trinajstić information content (AvgIpc) is 2.87. The van der Waals surface area contributed by atoms with Crippen LogP contribution in [0, 0.1) is 11.2 Å². The Morgan fingerprint density at radius 3 is 2.21 bits per heavy atom. The summed E-state index contributed by atoms with van der Waals surface area (Å²) in [5.74, 6) is -0.0183. The summed E-state index contributed by atoms with van der Waals surface area (Å²) in [6, 6.07) is 11.8. The Balaban J connectivity index is 1.64. The van der Waals surface area contributed by atoms with Crippen LogP contribution in [0.2, 0.25) is 0 Å². The predicted molar refractivity (Wildman–Crippen MR) is 141 cm³/mol. The second-order valence-electron chi connectivity index (χ2n) is 11.8. The van der Waals surface area contributed by atoms with E-state index in [-0.39, 0.29) is 11.2 Å². The van der Waals surface area contributed by atoms with E-state index in [4.69, 9.17) is 4.98 Å². The minimum absolute atomic E-state index is 0.0922. The molecular formula is C32H35F4NO. The maximum absolute atomic E-state index is 13.9. The Bertz CT molecular complexity index is 1270. The largest absolute Gasteiger partial charge is 0.416 e. The van der Waals surface area contributed by atoms with Crippen LogP contribution in [0.3, 0.4) is 0 Å². The van der Waals surface area contributed by atoms with Crippen LogP contribution < -0.4 is 0 Å². The van der Waals surface area contributed by atoms with Crippen molar-refractivity contribution in [3.05, 3.63) is 88.0 Å². The van der Waals surface area contributed by atoms with Crippen molar-refractivity contribution in [2.75, 3.05) is 0 Å². The van der Waals surface area contributed by atoms with Gasteiger partial charge < -0.3 is 5.11 Å². The molecule has 1 aromatic heterocycles. The first-order valence-electron chi connectivity index (χ1n) is 13.7. The third kappa shape index (κ3) is 5.66. The second-order valence-corrected chi connectivity index (χ2v) is 11.8. The highest BCUT2D eigenvalue weighted by Gasteiger charge is 2.37. The zero-order valence-electron chi connectivity index (χ0n) is 22.0. The zero-order chi connectivity index (χ0) is 27.1. The summed E-state index contributed by atoms with van der Waals surface area (Å²) < 4.78 is 53.2. The molecule has 0 radical (unpaired) electrons. The van der Waals surface area contributed by atoms with E-state index in [0.29, 0.717) is 25.2 Å². The number of pyridine rings is 1. The van der Waals surface area contributed by atoms with Crippen molar-refractivity contribution in [3.8, 4) is 11.1 Å². The molecule has 202 valence electrons. The molecule has 2 nitrogen and oxygen atoms in total. The number of alkyl halides is 3. The lowest BCUT2D eigenvalue weighted by Crippen LogP contribution is -2.29. The molecule has 1 unspecified atom stereocenters. The predicted octanol–water partition coefficient (Wildman–Crippen LogP) is 8.75. The highest BCUT2D eigenvalue weighted by molar-refractivity contribution is 5.74. The van der Waals surface area contributed by atoms with Gasteiger partial charge in [0.2, 0.25) is 0 Å². The van der Waals surface area contributed by atoms with Gasteiger partial charge in [0, 0.05) is 22.9 Å². The van der Waals surface area contributed by atoms with Crippen LogP contribution >= 0.6 is 0 Å². The number of aliphatic hydroxyl groups is 1. The highest BCUT2D eigenvalue weighted by atomic mass is 19.4. The van der Waals surface area contributed by atoms with E-state index in [1.807, 2.05) is 0 Å². The Labute approximate surface area is 222 Å². The van der Waals surface area contributed by atoms with Gasteiger partial charge in [-0.1, -0.05) is 57.4 Å². The Morgan fingerprint density at radius 1 is 0.921 bits per heavy atom. The number of halogens is 4. The van der Waals surface area contributed by atoms with Gasteiger partial charge in [0.25, 0.3) is 0 Å². The minimum Gasteiger partial charge on any atom is -0.388 e. The fraction of sp³-hybridized carbons (Fsp3) is 0.469. The normalized spacial score (nSPS) is 19.8. The number of rotatable bonds is 5. The summed E-state index contributed by atoms with van der Waals surface area (Å²) in [5.41, 5.74) is 5.71. The summed E-state index contributed by atoms with van der Waals surface area (Å²) in [5, 5.41) is 11.4. The molecule has 0 saturated heterocycles. The van der Waals surface area contributed by atoms with Gasteiger partial charge in [-0.3, -0.25) is 4.98 Å². The summed E-state index contributed by atoms with van der Waals surface area (Å²) in [4.78, 5) is 5.26. The zero-order valence-corrected chi connectivity index (χ0v) is 22.0. The number of aliphatic hydroxyl groups excluding tert-OH is 1. The third-order valence-corrected chi connectivity index (χ3v) is 8.24. The van der Waals surface area contributed by atoms with Crippen LogP contribution in [-0.4, -0.2) is 10.1 Å². The third-order valence-electron chi connectivity index (χ3n) is 8.24. The van der Waals surface area contributed by atoms with Crippen molar-refractivity contribution >= 4 is 0 Å². The molecule has 5 rings (SSSR count). The molecule has 0 spiro atoms. The lowest BCUT2D eigenvalue weighted by molar-refractivity contribution is -0.137. The molecule has 0 amide bonds. The second kappa shape index (κ2) is 10.4. The summed E-state index contributed by atoms with van der Waals surface area (Å²) in [6.45, 7) is 4.30. The van der Waals surface area contributed by atoms with Crippen LogP contribution in [0.25, 0.3) is 11.1 Å². The molecule has 3 aromatic rings. The fourth-order valence-electron chi connectivity index (χ4n) is 6.40. The Hall–Kier alpha value is -2.73. The Kier molecular flexibility index (Phi) is 7.38. The van der Waals surface area contributed by atoms with Gasteiger partial charge in [0.05, 0.1) is 11.7 Å². The monoisotopic (exact) mass is 525 g/mol. The van der Waals surface area contributed by atoms with Gasteiger partial charge in [-0.2, -0.15) is 13.2 Å². The maximum Gasteiger partial charge on any atom is 0.416 e. The van der Waals surface area contributed by atoms with Crippen LogP contribution in [0.4, 0.5) is 17.6 Å².